The predicted octanol–water partition coefficient (Wildman–Crippen LogP) is 4.87. The van der Waals surface area contributed by atoms with Crippen LogP contribution in [0.15, 0.2) is 60.0 Å². The molecule has 3 aromatic rings. The molecule has 0 saturated carbocycles. The Labute approximate surface area is 164 Å². The summed E-state index contributed by atoms with van der Waals surface area (Å²) in [7, 11) is 0. The van der Waals surface area contributed by atoms with Crippen molar-refractivity contribution < 1.29 is 18.0 Å². The van der Waals surface area contributed by atoms with Crippen LogP contribution >= 0.6 is 11.3 Å². The van der Waals surface area contributed by atoms with Crippen LogP contribution in [0.5, 0.6) is 0 Å². The summed E-state index contributed by atoms with van der Waals surface area (Å²) < 4.78 is 37.6. The Balaban J connectivity index is 1.41. The van der Waals surface area contributed by atoms with Crippen LogP contribution in [0.3, 0.4) is 0 Å². The highest BCUT2D eigenvalue weighted by atomic mass is 32.1. The second kappa shape index (κ2) is 8.88. The van der Waals surface area contributed by atoms with Crippen LogP contribution in [0.4, 0.5) is 18.0 Å². The molecule has 1 aromatic heterocycles. The van der Waals surface area contributed by atoms with E-state index in [-0.39, 0.29) is 6.03 Å². The van der Waals surface area contributed by atoms with E-state index in [2.05, 4.69) is 15.6 Å². The molecule has 0 fully saturated rings. The average Bonchev–Trinajstić information content (AvgIpc) is 3.16. The highest BCUT2D eigenvalue weighted by Gasteiger charge is 2.29. The lowest BCUT2D eigenvalue weighted by atomic mass is 10.1. The lowest BCUT2D eigenvalue weighted by molar-refractivity contribution is -0.137. The number of hydrogen-bond donors (Lipinski definition) is 2. The molecular weight excluding hydrogens is 387 g/mol. The molecule has 0 radical (unpaired) electrons. The first kappa shape index (κ1) is 19.9. The van der Waals surface area contributed by atoms with Crippen molar-refractivity contribution in [2.75, 3.05) is 6.54 Å². The Bertz CT molecular complexity index is 908. The van der Waals surface area contributed by atoms with E-state index in [1.807, 2.05) is 35.7 Å². The number of alkyl halides is 3. The maximum absolute atomic E-state index is 12.5. The predicted molar refractivity (Wildman–Crippen MR) is 103 cm³/mol. The molecule has 2 aromatic carbocycles. The SMILES string of the molecule is O=C(NCCc1ccc(C(F)(F)F)cc1)NCc1nc(-c2ccccc2)cs1. The summed E-state index contributed by atoms with van der Waals surface area (Å²) in [6, 6.07) is 14.3. The van der Waals surface area contributed by atoms with Crippen molar-refractivity contribution in [2.45, 2.75) is 19.1 Å². The molecule has 0 aliphatic rings. The molecule has 0 atom stereocenters. The number of aromatic nitrogens is 1. The quantitative estimate of drug-likeness (QED) is 0.615. The number of thiazole rings is 1. The molecule has 2 N–H and O–H groups in total. The van der Waals surface area contributed by atoms with E-state index in [1.165, 1.54) is 23.5 Å². The van der Waals surface area contributed by atoms with Gasteiger partial charge in [0.2, 0.25) is 0 Å². The third-order valence-electron chi connectivity index (χ3n) is 4.00. The summed E-state index contributed by atoms with van der Waals surface area (Å²) in [6.45, 7) is 0.633. The van der Waals surface area contributed by atoms with Gasteiger partial charge in [0.25, 0.3) is 0 Å². The van der Waals surface area contributed by atoms with E-state index in [0.29, 0.717) is 19.5 Å². The molecule has 146 valence electrons. The lowest BCUT2D eigenvalue weighted by Crippen LogP contribution is -2.36. The fraction of sp³-hybridized carbons (Fsp3) is 0.200. The molecule has 0 unspecified atom stereocenters. The normalized spacial score (nSPS) is 11.2. The van der Waals surface area contributed by atoms with E-state index >= 15 is 0 Å². The van der Waals surface area contributed by atoms with Gasteiger partial charge in [-0.15, -0.1) is 11.3 Å². The highest BCUT2D eigenvalue weighted by Crippen LogP contribution is 2.29. The Hall–Kier alpha value is -2.87. The van der Waals surface area contributed by atoms with E-state index in [9.17, 15) is 18.0 Å². The van der Waals surface area contributed by atoms with Gasteiger partial charge in [-0.1, -0.05) is 42.5 Å². The second-order valence-corrected chi connectivity index (χ2v) is 6.99. The van der Waals surface area contributed by atoms with Gasteiger partial charge in [0.05, 0.1) is 17.8 Å². The highest BCUT2D eigenvalue weighted by molar-refractivity contribution is 7.09. The summed E-state index contributed by atoms with van der Waals surface area (Å²) in [4.78, 5) is 16.4. The van der Waals surface area contributed by atoms with Crippen LogP contribution < -0.4 is 10.6 Å². The molecule has 0 aliphatic carbocycles. The molecular formula is C20H18F3N3OS. The van der Waals surface area contributed by atoms with Gasteiger partial charge in [-0.3, -0.25) is 0 Å². The van der Waals surface area contributed by atoms with Gasteiger partial charge in [-0.2, -0.15) is 13.2 Å². The Morgan fingerprint density at radius 2 is 1.71 bits per heavy atom. The van der Waals surface area contributed by atoms with Crippen molar-refractivity contribution in [1.29, 1.82) is 0 Å². The Kier molecular flexibility index (Phi) is 6.30. The van der Waals surface area contributed by atoms with E-state index in [0.717, 1.165) is 34.0 Å². The monoisotopic (exact) mass is 405 g/mol. The van der Waals surface area contributed by atoms with Gasteiger partial charge in [0.15, 0.2) is 0 Å². The molecule has 0 aliphatic heterocycles. The molecule has 1 heterocycles. The molecule has 3 rings (SSSR count). The fourth-order valence-electron chi connectivity index (χ4n) is 2.53. The fourth-order valence-corrected chi connectivity index (χ4v) is 3.28. The largest absolute Gasteiger partial charge is 0.416 e. The third-order valence-corrected chi connectivity index (χ3v) is 4.85. The molecule has 2 amide bonds. The number of hydrogen-bond acceptors (Lipinski definition) is 3. The minimum atomic E-state index is -4.34. The summed E-state index contributed by atoms with van der Waals surface area (Å²) >= 11 is 1.46. The zero-order valence-electron chi connectivity index (χ0n) is 14.8. The number of carbonyl (C=O) groups is 1. The second-order valence-electron chi connectivity index (χ2n) is 6.05. The smallest absolute Gasteiger partial charge is 0.338 e. The lowest BCUT2D eigenvalue weighted by Gasteiger charge is -2.09. The number of nitrogens with one attached hydrogen (secondary N) is 2. The summed E-state index contributed by atoms with van der Waals surface area (Å²) in [5.74, 6) is 0. The average molecular weight is 405 g/mol. The van der Waals surface area contributed by atoms with E-state index in [4.69, 9.17) is 0 Å². The number of benzene rings is 2. The summed E-state index contributed by atoms with van der Waals surface area (Å²) in [5.41, 5.74) is 1.93. The molecule has 28 heavy (non-hydrogen) atoms. The van der Waals surface area contributed by atoms with E-state index in [1.54, 1.807) is 0 Å². The van der Waals surface area contributed by atoms with Gasteiger partial charge in [-0.05, 0) is 24.1 Å². The van der Waals surface area contributed by atoms with Crippen molar-refractivity contribution in [3.8, 4) is 11.3 Å². The Morgan fingerprint density at radius 3 is 2.39 bits per heavy atom. The van der Waals surface area contributed by atoms with Crippen molar-refractivity contribution in [3.63, 3.8) is 0 Å². The van der Waals surface area contributed by atoms with Crippen LogP contribution in [-0.4, -0.2) is 17.6 Å². The van der Waals surface area contributed by atoms with Crippen LogP contribution in [0, 0.1) is 0 Å². The molecule has 0 spiro atoms. The number of halogens is 3. The Morgan fingerprint density at radius 1 is 1.00 bits per heavy atom. The van der Waals surface area contributed by atoms with Gasteiger partial charge in [0, 0.05) is 17.5 Å². The number of amides is 2. The van der Waals surface area contributed by atoms with Crippen LogP contribution in [0.2, 0.25) is 0 Å². The first-order chi connectivity index (χ1) is 13.4. The van der Waals surface area contributed by atoms with Crippen LogP contribution in [0.1, 0.15) is 16.1 Å². The van der Waals surface area contributed by atoms with Crippen molar-refractivity contribution in [3.05, 3.63) is 76.1 Å². The van der Waals surface area contributed by atoms with Crippen LogP contribution in [0.25, 0.3) is 11.3 Å². The van der Waals surface area contributed by atoms with Crippen LogP contribution in [-0.2, 0) is 19.1 Å². The van der Waals surface area contributed by atoms with Crippen molar-refractivity contribution in [1.82, 2.24) is 15.6 Å². The van der Waals surface area contributed by atoms with Crippen molar-refractivity contribution >= 4 is 17.4 Å². The first-order valence-electron chi connectivity index (χ1n) is 8.59. The number of urea groups is 1. The third kappa shape index (κ3) is 5.56. The number of nitrogens with zero attached hydrogens (tertiary/aromatic N) is 1. The minimum absolute atomic E-state index is 0.309. The van der Waals surface area contributed by atoms with Crippen molar-refractivity contribution in [2.24, 2.45) is 0 Å². The molecule has 8 heteroatoms. The number of carbonyl (C=O) groups excluding carboxylic acids is 1. The maximum atomic E-state index is 12.5. The van der Waals surface area contributed by atoms with E-state index < -0.39 is 11.7 Å². The van der Waals surface area contributed by atoms with Gasteiger partial charge in [0.1, 0.15) is 5.01 Å². The maximum Gasteiger partial charge on any atom is 0.416 e. The van der Waals surface area contributed by atoms with Gasteiger partial charge >= 0.3 is 12.2 Å². The standard InChI is InChI=1S/C20H18F3N3OS/c21-20(22,23)16-8-6-14(7-9-16)10-11-24-19(27)25-12-18-26-17(13-28-18)15-4-2-1-3-5-15/h1-9,13H,10-12H2,(H2,24,25,27). The van der Waals surface area contributed by atoms with Gasteiger partial charge < -0.3 is 10.6 Å². The minimum Gasteiger partial charge on any atom is -0.338 e. The number of rotatable bonds is 6. The topological polar surface area (TPSA) is 54.0 Å². The molecule has 4 nitrogen and oxygen atoms in total. The molecule has 0 bridgehead atoms. The zero-order chi connectivity index (χ0) is 20.0. The molecule has 0 saturated heterocycles. The summed E-state index contributed by atoms with van der Waals surface area (Å²) in [6.07, 6.45) is -3.90. The summed E-state index contributed by atoms with van der Waals surface area (Å²) in [5, 5.41) is 8.15. The van der Waals surface area contributed by atoms with Gasteiger partial charge in [-0.25, -0.2) is 9.78 Å². The first-order valence-corrected chi connectivity index (χ1v) is 9.47. The zero-order valence-corrected chi connectivity index (χ0v) is 15.6.